The summed E-state index contributed by atoms with van der Waals surface area (Å²) in [6.45, 7) is 3.94. The van der Waals surface area contributed by atoms with Crippen LogP contribution in [0, 0.1) is 57.8 Å². The number of aliphatic carboxylic acids is 1. The Morgan fingerprint density at radius 3 is 1.32 bits per heavy atom. The number of nitriles is 2. The first-order valence-electron chi connectivity index (χ1n) is 4.82. The van der Waals surface area contributed by atoms with Gasteiger partial charge in [-0.1, -0.05) is 0 Å². The predicted octanol–water partition coefficient (Wildman–Crippen LogP) is 3.33. The Morgan fingerprint density at radius 2 is 1.14 bits per heavy atom. The molecular formula is C12H10F5N2O2Pd-. The third kappa shape index (κ3) is 16.0. The molecule has 0 saturated carbocycles. The topological polar surface area (TPSA) is 84.9 Å². The monoisotopic (exact) mass is 415 g/mol. The Morgan fingerprint density at radius 1 is 0.955 bits per heavy atom. The molecular weight excluding hydrogens is 406 g/mol. The van der Waals surface area contributed by atoms with Gasteiger partial charge in [0.1, 0.15) is 0 Å². The average molecular weight is 416 g/mol. The van der Waals surface area contributed by atoms with Gasteiger partial charge in [-0.2, -0.15) is 10.5 Å². The molecule has 0 bridgehead atoms. The molecule has 1 aromatic rings. The minimum atomic E-state index is -2.17. The van der Waals surface area contributed by atoms with Gasteiger partial charge >= 0.3 is 0 Å². The van der Waals surface area contributed by atoms with Crippen molar-refractivity contribution >= 4 is 5.97 Å². The second kappa shape index (κ2) is 17.0. The van der Waals surface area contributed by atoms with E-state index in [1.165, 1.54) is 13.8 Å². The van der Waals surface area contributed by atoms with E-state index in [2.05, 4.69) is 0 Å². The van der Waals surface area contributed by atoms with Crippen molar-refractivity contribution in [2.24, 2.45) is 0 Å². The second-order valence-corrected chi connectivity index (χ2v) is 2.66. The molecule has 0 aliphatic heterocycles. The van der Waals surface area contributed by atoms with E-state index in [9.17, 15) is 22.0 Å². The molecule has 22 heavy (non-hydrogen) atoms. The molecule has 4 nitrogen and oxygen atoms in total. The largest absolute Gasteiger partial charge is 0.481 e. The van der Waals surface area contributed by atoms with Crippen LogP contribution in [0.25, 0.3) is 0 Å². The van der Waals surface area contributed by atoms with Crippen molar-refractivity contribution in [3.05, 3.63) is 35.2 Å². The average Bonchev–Trinajstić information content (AvgIpc) is 2.35. The molecule has 0 heterocycles. The fraction of sp³-hybridized carbons (Fsp3) is 0.250. The molecule has 1 rings (SSSR count). The van der Waals surface area contributed by atoms with Crippen molar-refractivity contribution in [1.29, 1.82) is 10.5 Å². The van der Waals surface area contributed by atoms with Gasteiger partial charge in [-0.05, 0) is 0 Å². The first-order chi connectivity index (χ1) is 9.60. The number of carboxylic acid groups (broad SMARTS) is 1. The van der Waals surface area contributed by atoms with Crippen LogP contribution >= 0.6 is 0 Å². The van der Waals surface area contributed by atoms with Gasteiger partial charge in [0.15, 0.2) is 0 Å². The Labute approximate surface area is 137 Å². The van der Waals surface area contributed by atoms with E-state index < -0.39 is 35.1 Å². The van der Waals surface area contributed by atoms with Crippen LogP contribution < -0.4 is 0 Å². The summed E-state index contributed by atoms with van der Waals surface area (Å²) in [6, 6.07) is 4.52. The molecule has 0 fully saturated rings. The van der Waals surface area contributed by atoms with Crippen molar-refractivity contribution in [3.8, 4) is 12.1 Å². The van der Waals surface area contributed by atoms with Crippen LogP contribution in [-0.4, -0.2) is 11.1 Å². The summed E-state index contributed by atoms with van der Waals surface area (Å²) in [5.41, 5.74) is 0. The minimum Gasteiger partial charge on any atom is -0.481 e. The van der Waals surface area contributed by atoms with Gasteiger partial charge < -0.3 is 5.11 Å². The Bertz CT molecular complexity index is 500. The summed E-state index contributed by atoms with van der Waals surface area (Å²) in [5, 5.41) is 22.1. The maximum Gasteiger partial charge on any atom is 0.300 e. The number of benzene rings is 1. The van der Waals surface area contributed by atoms with Crippen molar-refractivity contribution < 1.29 is 52.3 Å². The van der Waals surface area contributed by atoms with E-state index in [0.29, 0.717) is 0 Å². The van der Waals surface area contributed by atoms with Crippen LogP contribution in [0.3, 0.4) is 0 Å². The van der Waals surface area contributed by atoms with E-state index in [4.69, 9.17) is 20.4 Å². The minimum absolute atomic E-state index is 0. The van der Waals surface area contributed by atoms with Crippen LogP contribution in [0.1, 0.15) is 20.8 Å². The number of nitrogens with zero attached hydrogens (tertiary/aromatic N) is 2. The summed E-state index contributed by atoms with van der Waals surface area (Å²) in [4.78, 5) is 9.00. The molecule has 10 heteroatoms. The Balaban J connectivity index is -0.000000124. The van der Waals surface area contributed by atoms with E-state index in [1.807, 2.05) is 0 Å². The van der Waals surface area contributed by atoms with Crippen LogP contribution in [0.2, 0.25) is 0 Å². The van der Waals surface area contributed by atoms with Gasteiger partial charge in [-0.15, -0.1) is 6.07 Å². The Hall–Kier alpha value is -2.02. The van der Waals surface area contributed by atoms with Gasteiger partial charge in [0, 0.05) is 41.2 Å². The molecule has 0 aliphatic carbocycles. The van der Waals surface area contributed by atoms with Crippen LogP contribution in [0.4, 0.5) is 22.0 Å². The number of carboxylic acids is 1. The van der Waals surface area contributed by atoms with E-state index >= 15 is 0 Å². The first kappa shape index (κ1) is 28.2. The number of rotatable bonds is 0. The van der Waals surface area contributed by atoms with Gasteiger partial charge in [-0.3, -0.25) is 13.6 Å². The fourth-order valence-corrected chi connectivity index (χ4v) is 0.495. The van der Waals surface area contributed by atoms with Gasteiger partial charge in [0.2, 0.25) is 0 Å². The van der Waals surface area contributed by atoms with Crippen molar-refractivity contribution in [3.63, 3.8) is 0 Å². The van der Waals surface area contributed by atoms with E-state index in [0.717, 1.165) is 13.0 Å². The summed E-state index contributed by atoms with van der Waals surface area (Å²) in [5.74, 6) is -10.9. The molecule has 0 spiro atoms. The number of halogens is 5. The molecule has 0 aromatic heterocycles. The standard InChI is InChI=1S/C6F5.2C2H3N.C2H4O2.Pd/c7-2-1-3(8)5(10)6(11)4(2)9;2*1-2-3;1-2(3)4;/h;2*1H3;1H3,(H,3,4);/q-1;;;;. The zero-order valence-corrected chi connectivity index (χ0v) is 13.0. The Kier molecular flexibility index (Phi) is 21.8. The van der Waals surface area contributed by atoms with E-state index in [1.54, 1.807) is 12.1 Å². The summed E-state index contributed by atoms with van der Waals surface area (Å²) in [6.07, 6.45) is 0. The summed E-state index contributed by atoms with van der Waals surface area (Å²) in [7, 11) is 0. The molecule has 0 atom stereocenters. The zero-order chi connectivity index (χ0) is 17.6. The molecule has 1 aromatic carbocycles. The fourth-order valence-electron chi connectivity index (χ4n) is 0.495. The van der Waals surface area contributed by atoms with Gasteiger partial charge in [0.05, 0.1) is 41.2 Å². The third-order valence-corrected chi connectivity index (χ3v) is 0.990. The first-order valence-corrected chi connectivity index (χ1v) is 4.82. The maximum atomic E-state index is 12.0. The van der Waals surface area contributed by atoms with Gasteiger partial charge in [-0.25, -0.2) is 13.2 Å². The maximum absolute atomic E-state index is 12.0. The van der Waals surface area contributed by atoms with Crippen LogP contribution in [0.15, 0.2) is 0 Å². The number of hydrogen-bond donors (Lipinski definition) is 1. The van der Waals surface area contributed by atoms with Gasteiger partial charge in [0.25, 0.3) is 5.97 Å². The number of hydrogen-bond acceptors (Lipinski definition) is 3. The quantitative estimate of drug-likeness (QED) is 0.232. The normalized spacial score (nSPS) is 7.00. The van der Waals surface area contributed by atoms with Crippen molar-refractivity contribution in [2.75, 3.05) is 0 Å². The number of carbonyl (C=O) groups is 1. The van der Waals surface area contributed by atoms with Crippen molar-refractivity contribution in [1.82, 2.24) is 0 Å². The molecule has 0 amide bonds. The molecule has 0 aliphatic rings. The zero-order valence-electron chi connectivity index (χ0n) is 11.5. The predicted molar refractivity (Wildman–Crippen MR) is 61.0 cm³/mol. The van der Waals surface area contributed by atoms with Crippen LogP contribution in [0.5, 0.6) is 0 Å². The smallest absolute Gasteiger partial charge is 0.300 e. The molecule has 0 radical (unpaired) electrons. The van der Waals surface area contributed by atoms with Crippen molar-refractivity contribution in [2.45, 2.75) is 20.8 Å². The molecule has 1 N–H and O–H groups in total. The summed E-state index contributed by atoms with van der Waals surface area (Å²) < 4.78 is 59.9. The second-order valence-electron chi connectivity index (χ2n) is 2.66. The van der Waals surface area contributed by atoms with Crippen LogP contribution in [-0.2, 0) is 25.2 Å². The summed E-state index contributed by atoms with van der Waals surface area (Å²) >= 11 is 0. The SMILES string of the molecule is CC#N.CC#N.CC(=O)O.Fc1[c-]c(F)c(F)c(F)c1F.[Pd]. The third-order valence-electron chi connectivity index (χ3n) is 0.990. The molecule has 126 valence electrons. The van der Waals surface area contributed by atoms with E-state index in [-0.39, 0.29) is 20.4 Å². The molecule has 0 unspecified atom stereocenters. The molecule has 0 saturated heterocycles.